The number of hydrogen-bond donors (Lipinski definition) is 0. The number of hydrogen-bond acceptors (Lipinski definition) is 0. The van der Waals surface area contributed by atoms with Gasteiger partial charge < -0.3 is 0 Å². The molecule has 0 aliphatic carbocycles. The van der Waals surface area contributed by atoms with Crippen molar-refractivity contribution in [3.8, 4) is 0 Å². The molecule has 0 rings (SSSR count). The van der Waals surface area contributed by atoms with E-state index in [1.165, 1.54) is 96.3 Å². The normalized spacial score (nSPS) is 15.6. The molecular weight excluding hydrogens is 348 g/mol. The van der Waals surface area contributed by atoms with E-state index in [4.69, 9.17) is 0 Å². The maximum absolute atomic E-state index is 2.47. The molecule has 0 saturated heterocycles. The molecule has 0 aromatic carbocycles. The average molecular weight is 405 g/mol. The summed E-state index contributed by atoms with van der Waals surface area (Å²) in [5.74, 6) is 3.42. The van der Waals surface area contributed by atoms with Gasteiger partial charge in [0.05, 0.1) is 0 Å². The van der Waals surface area contributed by atoms with Gasteiger partial charge in [-0.2, -0.15) is 0 Å². The Morgan fingerprint density at radius 2 is 1.10 bits per heavy atom. The predicted molar refractivity (Wildman–Crippen MR) is 136 cm³/mol. The van der Waals surface area contributed by atoms with E-state index < -0.39 is 0 Å². The molecule has 0 nitrogen and oxygen atoms in total. The smallest absolute Gasteiger partial charge is 0.0259 e. The van der Waals surface area contributed by atoms with Gasteiger partial charge in [0.2, 0.25) is 0 Å². The summed E-state index contributed by atoms with van der Waals surface area (Å²) in [6.45, 7) is 14.3. The van der Waals surface area contributed by atoms with Crippen LogP contribution < -0.4 is 0 Å². The first-order chi connectivity index (χ1) is 14.0. The second-order valence-corrected chi connectivity index (χ2v) is 10.4. The second-order valence-electron chi connectivity index (χ2n) is 10.4. The lowest BCUT2D eigenvalue weighted by Gasteiger charge is -2.15. The molecule has 0 N–H and O–H groups in total. The van der Waals surface area contributed by atoms with Gasteiger partial charge in [0.15, 0.2) is 0 Å². The molecule has 29 heavy (non-hydrogen) atoms. The van der Waals surface area contributed by atoms with E-state index in [1.54, 1.807) is 0 Å². The highest BCUT2D eigenvalue weighted by Gasteiger charge is 2.07. The van der Waals surface area contributed by atoms with Gasteiger partial charge in [-0.1, -0.05) is 143 Å². The van der Waals surface area contributed by atoms with Crippen molar-refractivity contribution in [2.75, 3.05) is 0 Å². The van der Waals surface area contributed by atoms with Crippen LogP contribution in [-0.2, 0) is 0 Å². The van der Waals surface area contributed by atoms with E-state index in [9.17, 15) is 0 Å². The van der Waals surface area contributed by atoms with E-state index in [0.29, 0.717) is 0 Å². The minimum atomic E-state index is 0.720. The number of allylic oxidation sites excluding steroid dienone is 4. The molecule has 0 saturated carbocycles. The SMILES string of the molecule is CCCCCCC/C=C/C=C\C(C)CCCC(C)CCCC(C)CCCC(C)C. The Kier molecular flexibility index (Phi) is 20.4. The lowest BCUT2D eigenvalue weighted by molar-refractivity contribution is 0.383. The van der Waals surface area contributed by atoms with Gasteiger partial charge in [0.25, 0.3) is 0 Å². The van der Waals surface area contributed by atoms with Gasteiger partial charge in [-0.15, -0.1) is 0 Å². The van der Waals surface area contributed by atoms with E-state index in [-0.39, 0.29) is 0 Å². The lowest BCUT2D eigenvalue weighted by atomic mass is 9.91. The summed E-state index contributed by atoms with van der Waals surface area (Å²) in [6, 6.07) is 0. The molecule has 3 atom stereocenters. The third kappa shape index (κ3) is 22.0. The Morgan fingerprint density at radius 1 is 0.552 bits per heavy atom. The Balaban J connectivity index is 3.61. The van der Waals surface area contributed by atoms with Crippen LogP contribution in [0, 0.1) is 23.7 Å². The molecule has 3 unspecified atom stereocenters. The fourth-order valence-electron chi connectivity index (χ4n) is 4.16. The van der Waals surface area contributed by atoms with E-state index in [2.05, 4.69) is 65.8 Å². The number of rotatable bonds is 20. The molecule has 0 aliphatic rings. The first kappa shape index (κ1) is 28.5. The molecule has 0 heteroatoms. The molecule has 0 spiro atoms. The van der Waals surface area contributed by atoms with Crippen molar-refractivity contribution in [2.24, 2.45) is 23.7 Å². The van der Waals surface area contributed by atoms with Crippen LogP contribution in [0.1, 0.15) is 138 Å². The largest absolute Gasteiger partial charge is 0.0845 e. The fourth-order valence-corrected chi connectivity index (χ4v) is 4.16. The summed E-state index contributed by atoms with van der Waals surface area (Å²) >= 11 is 0. The molecule has 0 amide bonds. The highest BCUT2D eigenvalue weighted by molar-refractivity contribution is 5.03. The van der Waals surface area contributed by atoms with Crippen LogP contribution >= 0.6 is 0 Å². The van der Waals surface area contributed by atoms with Crippen molar-refractivity contribution in [1.82, 2.24) is 0 Å². The van der Waals surface area contributed by atoms with Crippen molar-refractivity contribution in [3.05, 3.63) is 24.3 Å². The van der Waals surface area contributed by atoms with Crippen LogP contribution in [0.15, 0.2) is 24.3 Å². The highest BCUT2D eigenvalue weighted by Crippen LogP contribution is 2.22. The van der Waals surface area contributed by atoms with Gasteiger partial charge in [-0.25, -0.2) is 0 Å². The summed E-state index contributed by atoms with van der Waals surface area (Å²) in [4.78, 5) is 0. The zero-order chi connectivity index (χ0) is 21.7. The van der Waals surface area contributed by atoms with Crippen LogP contribution in [0.5, 0.6) is 0 Å². The standard InChI is InChI=1S/C29H56/c1-7-8-9-10-11-12-13-14-15-20-27(4)22-17-24-29(6)25-18-23-28(5)21-16-19-26(2)3/h13-15,20,26-29H,7-12,16-19,21-25H2,1-6H3/b14-13+,20-15-. The summed E-state index contributed by atoms with van der Waals surface area (Å²) < 4.78 is 0. The maximum Gasteiger partial charge on any atom is -0.0259 e. The summed E-state index contributed by atoms with van der Waals surface area (Å²) in [5.41, 5.74) is 0. The molecule has 0 heterocycles. The Hall–Kier alpha value is -0.520. The molecule has 0 fully saturated rings. The van der Waals surface area contributed by atoms with Crippen molar-refractivity contribution < 1.29 is 0 Å². The zero-order valence-corrected chi connectivity index (χ0v) is 21.2. The van der Waals surface area contributed by atoms with Crippen molar-refractivity contribution in [3.63, 3.8) is 0 Å². The minimum Gasteiger partial charge on any atom is -0.0845 e. The quantitative estimate of drug-likeness (QED) is 0.140. The topological polar surface area (TPSA) is 0 Å². The Labute approximate surface area is 186 Å². The second kappa shape index (κ2) is 20.7. The van der Waals surface area contributed by atoms with E-state index in [1.807, 2.05) is 0 Å². The van der Waals surface area contributed by atoms with Crippen LogP contribution in [0.25, 0.3) is 0 Å². The summed E-state index contributed by atoms with van der Waals surface area (Å²) in [7, 11) is 0. The first-order valence-corrected chi connectivity index (χ1v) is 13.3. The van der Waals surface area contributed by atoms with Crippen LogP contribution in [0.3, 0.4) is 0 Å². The van der Waals surface area contributed by atoms with E-state index >= 15 is 0 Å². The van der Waals surface area contributed by atoms with Crippen molar-refractivity contribution >= 4 is 0 Å². The predicted octanol–water partition coefficient (Wildman–Crippen LogP) is 10.5. The third-order valence-electron chi connectivity index (χ3n) is 6.39. The van der Waals surface area contributed by atoms with Gasteiger partial charge in [-0.05, 0) is 42.9 Å². The lowest BCUT2D eigenvalue weighted by Crippen LogP contribution is -2.01. The molecule has 0 radical (unpaired) electrons. The molecule has 172 valence electrons. The van der Waals surface area contributed by atoms with Gasteiger partial charge in [-0.3, -0.25) is 0 Å². The van der Waals surface area contributed by atoms with Crippen molar-refractivity contribution in [2.45, 2.75) is 138 Å². The molecule has 0 bridgehead atoms. The minimum absolute atomic E-state index is 0.720. The van der Waals surface area contributed by atoms with Crippen LogP contribution in [0.2, 0.25) is 0 Å². The Bertz CT molecular complexity index is 375. The number of unbranched alkanes of at least 4 members (excludes halogenated alkanes) is 5. The Morgan fingerprint density at radius 3 is 1.69 bits per heavy atom. The van der Waals surface area contributed by atoms with Gasteiger partial charge >= 0.3 is 0 Å². The maximum atomic E-state index is 2.47. The fraction of sp³-hybridized carbons (Fsp3) is 0.862. The average Bonchev–Trinajstić information content (AvgIpc) is 2.66. The third-order valence-corrected chi connectivity index (χ3v) is 6.39. The van der Waals surface area contributed by atoms with Crippen LogP contribution in [0.4, 0.5) is 0 Å². The van der Waals surface area contributed by atoms with Gasteiger partial charge in [0.1, 0.15) is 0 Å². The molecule has 0 aliphatic heterocycles. The van der Waals surface area contributed by atoms with Crippen molar-refractivity contribution in [1.29, 1.82) is 0 Å². The molecular formula is C29H56. The van der Waals surface area contributed by atoms with Crippen LogP contribution in [-0.4, -0.2) is 0 Å². The molecule has 0 aromatic heterocycles. The summed E-state index contributed by atoms with van der Waals surface area (Å²) in [5, 5.41) is 0. The van der Waals surface area contributed by atoms with E-state index in [0.717, 1.165) is 23.7 Å². The first-order valence-electron chi connectivity index (χ1n) is 13.3. The monoisotopic (exact) mass is 404 g/mol. The van der Waals surface area contributed by atoms with Gasteiger partial charge in [0, 0.05) is 0 Å². The molecule has 0 aromatic rings. The summed E-state index contributed by atoms with van der Waals surface area (Å²) in [6.07, 6.45) is 30.1. The highest BCUT2D eigenvalue weighted by atomic mass is 14.1. The zero-order valence-electron chi connectivity index (χ0n) is 21.2.